The van der Waals surface area contributed by atoms with Crippen molar-refractivity contribution in [2.45, 2.75) is 58.4 Å². The maximum absolute atomic E-state index is 11.5. The van der Waals surface area contributed by atoms with Gasteiger partial charge in [0.2, 0.25) is 5.91 Å². The predicted molar refractivity (Wildman–Crippen MR) is 99.1 cm³/mol. The Balaban J connectivity index is 1.48. The summed E-state index contributed by atoms with van der Waals surface area (Å²) in [5.41, 5.74) is 2.95. The summed E-state index contributed by atoms with van der Waals surface area (Å²) in [7, 11) is 0. The molecule has 0 saturated carbocycles. The first kappa shape index (κ1) is 17.5. The Labute approximate surface area is 147 Å². The van der Waals surface area contributed by atoms with E-state index in [1.54, 1.807) is 6.92 Å². The lowest BCUT2D eigenvalue weighted by Crippen LogP contribution is -2.49. The molecule has 1 aromatic rings. The molecule has 2 fully saturated rings. The molecule has 2 heterocycles. The van der Waals surface area contributed by atoms with Gasteiger partial charge in [-0.3, -0.25) is 9.69 Å². The van der Waals surface area contributed by atoms with Gasteiger partial charge in [-0.05, 0) is 69.0 Å². The van der Waals surface area contributed by atoms with Crippen LogP contribution in [0.1, 0.15) is 50.2 Å². The molecule has 0 radical (unpaired) electrons. The summed E-state index contributed by atoms with van der Waals surface area (Å²) in [4.78, 5) is 16.2. The van der Waals surface area contributed by atoms with Crippen LogP contribution < -0.4 is 0 Å². The van der Waals surface area contributed by atoms with E-state index < -0.39 is 0 Å². The minimum atomic E-state index is 0.239. The van der Waals surface area contributed by atoms with Crippen LogP contribution in [0, 0.1) is 12.8 Å². The predicted octanol–water partition coefficient (Wildman–Crippen LogP) is 3.65. The lowest BCUT2D eigenvalue weighted by Gasteiger charge is -2.42. The molecule has 0 aromatic heterocycles. The average Bonchev–Trinajstić information content (AvgIpc) is 2.61. The molecule has 2 aliphatic rings. The Morgan fingerprint density at radius 2 is 1.88 bits per heavy atom. The number of hydrogen-bond donors (Lipinski definition) is 0. The summed E-state index contributed by atoms with van der Waals surface area (Å²) < 4.78 is 0. The molecule has 1 atom stereocenters. The number of carbonyl (C=O) groups excluding carboxylic acids is 1. The molecule has 3 nitrogen and oxygen atoms in total. The van der Waals surface area contributed by atoms with Gasteiger partial charge in [0.1, 0.15) is 0 Å². The normalized spacial score (nSPS) is 23.4. The van der Waals surface area contributed by atoms with Gasteiger partial charge in [-0.25, -0.2) is 0 Å². The minimum Gasteiger partial charge on any atom is -0.343 e. The third kappa shape index (κ3) is 4.38. The number of likely N-dealkylation sites (tertiary alicyclic amines) is 2. The molecule has 0 aliphatic carbocycles. The number of nitrogens with zero attached hydrogens (tertiary/aromatic N) is 2. The molecule has 2 saturated heterocycles. The van der Waals surface area contributed by atoms with Crippen LogP contribution in [0.4, 0.5) is 0 Å². The quantitative estimate of drug-likeness (QED) is 0.842. The van der Waals surface area contributed by atoms with Crippen LogP contribution in [0.3, 0.4) is 0 Å². The van der Waals surface area contributed by atoms with Gasteiger partial charge in [0.05, 0.1) is 0 Å². The van der Waals surface area contributed by atoms with Crippen molar-refractivity contribution in [1.29, 1.82) is 0 Å². The highest BCUT2D eigenvalue weighted by Crippen LogP contribution is 2.27. The van der Waals surface area contributed by atoms with Crippen LogP contribution in [-0.2, 0) is 11.2 Å². The molecule has 24 heavy (non-hydrogen) atoms. The van der Waals surface area contributed by atoms with Gasteiger partial charge in [0, 0.05) is 32.6 Å². The zero-order valence-electron chi connectivity index (χ0n) is 15.3. The molecule has 1 amide bonds. The summed E-state index contributed by atoms with van der Waals surface area (Å²) >= 11 is 0. The number of piperidine rings is 2. The highest BCUT2D eigenvalue weighted by atomic mass is 16.2. The summed E-state index contributed by atoms with van der Waals surface area (Å²) in [6.45, 7) is 8.34. The lowest BCUT2D eigenvalue weighted by molar-refractivity contribution is -0.130. The van der Waals surface area contributed by atoms with Crippen LogP contribution in [0.15, 0.2) is 24.3 Å². The van der Waals surface area contributed by atoms with Crippen LogP contribution in [0.25, 0.3) is 0 Å². The highest BCUT2D eigenvalue weighted by molar-refractivity contribution is 5.73. The second-order valence-electron chi connectivity index (χ2n) is 7.71. The molecular weight excluding hydrogens is 296 g/mol. The van der Waals surface area contributed by atoms with Crippen molar-refractivity contribution in [2.24, 2.45) is 5.92 Å². The van der Waals surface area contributed by atoms with Gasteiger partial charge in [-0.2, -0.15) is 0 Å². The number of aryl methyl sites for hydroxylation is 2. The van der Waals surface area contributed by atoms with Gasteiger partial charge in [0.15, 0.2) is 0 Å². The van der Waals surface area contributed by atoms with E-state index in [0.29, 0.717) is 6.04 Å². The van der Waals surface area contributed by atoms with E-state index in [2.05, 4.69) is 36.1 Å². The fourth-order valence-corrected chi connectivity index (χ4v) is 4.46. The largest absolute Gasteiger partial charge is 0.343 e. The molecule has 3 rings (SSSR count). The van der Waals surface area contributed by atoms with E-state index in [0.717, 1.165) is 31.8 Å². The number of carbonyl (C=O) groups is 1. The van der Waals surface area contributed by atoms with E-state index in [9.17, 15) is 4.79 Å². The second kappa shape index (κ2) is 8.15. The topological polar surface area (TPSA) is 23.6 Å². The number of benzene rings is 1. The fourth-order valence-electron chi connectivity index (χ4n) is 4.46. The van der Waals surface area contributed by atoms with Crippen molar-refractivity contribution in [2.75, 3.05) is 26.2 Å². The van der Waals surface area contributed by atoms with Crippen molar-refractivity contribution < 1.29 is 4.79 Å². The van der Waals surface area contributed by atoms with Gasteiger partial charge >= 0.3 is 0 Å². The van der Waals surface area contributed by atoms with Gasteiger partial charge in [-0.15, -0.1) is 0 Å². The standard InChI is InChI=1S/C21H32N2O/c1-17-6-3-4-8-20(17)10-9-19-7-5-13-23(16-19)21-11-14-22(15-12-21)18(2)24/h3-4,6,8,19,21H,5,7,9-16H2,1-2H3/t19-/m1/s1. The SMILES string of the molecule is CC(=O)N1CCC(N2CCC[C@H](CCc3ccccc3C)C2)CC1. The Morgan fingerprint density at radius 1 is 1.12 bits per heavy atom. The van der Waals surface area contributed by atoms with Gasteiger partial charge < -0.3 is 4.90 Å². The summed E-state index contributed by atoms with van der Waals surface area (Å²) in [6, 6.07) is 9.51. The van der Waals surface area contributed by atoms with Gasteiger partial charge in [-0.1, -0.05) is 24.3 Å². The van der Waals surface area contributed by atoms with E-state index in [1.807, 2.05) is 4.90 Å². The summed E-state index contributed by atoms with van der Waals surface area (Å²) in [5.74, 6) is 1.08. The third-order valence-corrected chi connectivity index (χ3v) is 6.06. The summed E-state index contributed by atoms with van der Waals surface area (Å²) in [5, 5.41) is 0. The molecule has 0 spiro atoms. The van der Waals surface area contributed by atoms with Crippen molar-refractivity contribution in [3.8, 4) is 0 Å². The maximum atomic E-state index is 11.5. The van der Waals surface area contributed by atoms with Crippen molar-refractivity contribution in [3.63, 3.8) is 0 Å². The molecule has 3 heteroatoms. The lowest BCUT2D eigenvalue weighted by atomic mass is 9.89. The van der Waals surface area contributed by atoms with Crippen LogP contribution >= 0.6 is 0 Å². The number of amides is 1. The second-order valence-corrected chi connectivity index (χ2v) is 7.71. The fraction of sp³-hybridized carbons (Fsp3) is 0.667. The smallest absolute Gasteiger partial charge is 0.219 e. The average molecular weight is 329 g/mol. The van der Waals surface area contributed by atoms with E-state index >= 15 is 0 Å². The van der Waals surface area contributed by atoms with Crippen molar-refractivity contribution in [3.05, 3.63) is 35.4 Å². The first-order valence-corrected chi connectivity index (χ1v) is 9.67. The molecule has 0 unspecified atom stereocenters. The van der Waals surface area contributed by atoms with E-state index in [-0.39, 0.29) is 5.91 Å². The summed E-state index contributed by atoms with van der Waals surface area (Å²) in [6.07, 6.45) is 7.57. The number of hydrogen-bond acceptors (Lipinski definition) is 2. The molecule has 132 valence electrons. The Bertz CT molecular complexity index is 549. The van der Waals surface area contributed by atoms with E-state index in [4.69, 9.17) is 0 Å². The van der Waals surface area contributed by atoms with Crippen molar-refractivity contribution >= 4 is 5.91 Å². The van der Waals surface area contributed by atoms with Crippen molar-refractivity contribution in [1.82, 2.24) is 9.80 Å². The first-order chi connectivity index (χ1) is 11.6. The van der Waals surface area contributed by atoms with Crippen LogP contribution in [0.2, 0.25) is 0 Å². The minimum absolute atomic E-state index is 0.239. The Morgan fingerprint density at radius 3 is 2.58 bits per heavy atom. The molecular formula is C21H32N2O. The third-order valence-electron chi connectivity index (χ3n) is 6.06. The highest BCUT2D eigenvalue weighted by Gasteiger charge is 2.29. The zero-order chi connectivity index (χ0) is 16.9. The molecule has 0 bridgehead atoms. The molecule has 2 aliphatic heterocycles. The van der Waals surface area contributed by atoms with Gasteiger partial charge in [0.25, 0.3) is 0 Å². The van der Waals surface area contributed by atoms with E-state index in [1.165, 1.54) is 49.9 Å². The number of rotatable bonds is 4. The molecule has 0 N–H and O–H groups in total. The first-order valence-electron chi connectivity index (χ1n) is 9.67. The molecule has 1 aromatic carbocycles. The zero-order valence-corrected chi connectivity index (χ0v) is 15.3. The monoisotopic (exact) mass is 328 g/mol. The van der Waals surface area contributed by atoms with Crippen LogP contribution in [-0.4, -0.2) is 47.9 Å². The Hall–Kier alpha value is -1.35. The maximum Gasteiger partial charge on any atom is 0.219 e. The Kier molecular flexibility index (Phi) is 5.94. The van der Waals surface area contributed by atoms with Crippen LogP contribution in [0.5, 0.6) is 0 Å².